The lowest BCUT2D eigenvalue weighted by Gasteiger charge is -2.33. The van der Waals surface area contributed by atoms with Crippen molar-refractivity contribution < 1.29 is 13.6 Å². The number of rotatable bonds is 6. The van der Waals surface area contributed by atoms with Crippen molar-refractivity contribution in [3.63, 3.8) is 0 Å². The Labute approximate surface area is 238 Å². The number of nitrogens with one attached hydrogen (secondary N) is 1. The first-order valence-electron chi connectivity index (χ1n) is 13.9. The molecule has 1 amide bonds. The average molecular weight is 548 g/mol. The van der Waals surface area contributed by atoms with Crippen molar-refractivity contribution >= 4 is 22.5 Å². The maximum atomic E-state index is 13.9. The van der Waals surface area contributed by atoms with Crippen LogP contribution in [-0.4, -0.2) is 34.2 Å². The van der Waals surface area contributed by atoms with Crippen molar-refractivity contribution in [2.75, 3.05) is 13.1 Å². The first kappa shape index (κ1) is 26.6. The van der Waals surface area contributed by atoms with Gasteiger partial charge in [0.25, 0.3) is 5.91 Å². The summed E-state index contributed by atoms with van der Waals surface area (Å²) in [5.74, 6) is -0.345. The van der Waals surface area contributed by atoms with E-state index in [4.69, 9.17) is 5.41 Å². The molecule has 0 atom stereocenters. The van der Waals surface area contributed by atoms with Crippen LogP contribution in [0, 0.1) is 24.0 Å². The van der Waals surface area contributed by atoms with Gasteiger partial charge in [-0.2, -0.15) is 0 Å². The Kier molecular flexibility index (Phi) is 7.23. The van der Waals surface area contributed by atoms with Crippen LogP contribution in [0.1, 0.15) is 57.1 Å². The number of likely N-dealkylation sites (tertiary alicyclic amines) is 1. The van der Waals surface area contributed by atoms with Crippen LogP contribution in [-0.2, 0) is 6.54 Å². The highest BCUT2D eigenvalue weighted by molar-refractivity contribution is 6.12. The predicted molar refractivity (Wildman–Crippen MR) is 159 cm³/mol. The molecule has 0 saturated carbocycles. The number of carbonyl (C=O) groups is 1. The Bertz CT molecular complexity index is 1760. The predicted octanol–water partition coefficient (Wildman–Crippen LogP) is 7.71. The largest absolute Gasteiger partial charge is 0.340 e. The first-order chi connectivity index (χ1) is 19.9. The van der Waals surface area contributed by atoms with Crippen molar-refractivity contribution in [3.8, 4) is 0 Å². The molecule has 0 radical (unpaired) electrons. The van der Waals surface area contributed by atoms with Crippen LogP contribution in [0.25, 0.3) is 10.9 Å². The molecule has 1 saturated heterocycles. The quantitative estimate of drug-likeness (QED) is 0.218. The van der Waals surface area contributed by atoms with Crippen molar-refractivity contribution in [2.24, 2.45) is 0 Å². The summed E-state index contributed by atoms with van der Waals surface area (Å²) in [5.41, 5.74) is 6.09. The molecule has 0 unspecified atom stereocenters. The number of carbonyl (C=O) groups excluding carboxylic acids is 1. The number of fused-ring (bicyclic) bond motifs is 1. The van der Waals surface area contributed by atoms with Gasteiger partial charge in [0.2, 0.25) is 0 Å². The summed E-state index contributed by atoms with van der Waals surface area (Å²) >= 11 is 0. The number of piperidine rings is 1. The Morgan fingerprint density at radius 2 is 1.56 bits per heavy atom. The van der Waals surface area contributed by atoms with E-state index in [0.717, 1.165) is 34.9 Å². The highest BCUT2D eigenvalue weighted by atomic mass is 19.1. The van der Waals surface area contributed by atoms with E-state index in [1.54, 1.807) is 36.4 Å². The SMILES string of the molecule is Cc1cc(C(=O)N2CCC(c3cc4ccccc4n3Cc3cccc(F)c3)CC2)ccc1C(=N)c1cccc(F)c1. The zero-order chi connectivity index (χ0) is 28.5. The van der Waals surface area contributed by atoms with Gasteiger partial charge in [0, 0.05) is 53.5 Å². The molecule has 2 heterocycles. The molecule has 6 heteroatoms. The van der Waals surface area contributed by atoms with E-state index in [0.29, 0.717) is 36.3 Å². The fraction of sp³-hybridized carbons (Fsp3) is 0.200. The zero-order valence-corrected chi connectivity index (χ0v) is 22.9. The van der Waals surface area contributed by atoms with Gasteiger partial charge in [-0.1, -0.05) is 48.5 Å². The highest BCUT2D eigenvalue weighted by Gasteiger charge is 2.27. The maximum absolute atomic E-state index is 13.9. The standard InChI is InChI=1S/C35H31F2N3O/c1-23-18-28(12-13-31(23)34(38)27-8-5-10-30(37)20-27)35(41)39-16-14-25(15-17-39)33-21-26-7-2-3-11-32(26)40(33)22-24-6-4-9-29(36)19-24/h2-13,18-21,25,38H,14-17,22H2,1H3. The lowest BCUT2D eigenvalue weighted by atomic mass is 9.92. The molecule has 41 heavy (non-hydrogen) atoms. The highest BCUT2D eigenvalue weighted by Crippen LogP contribution is 2.34. The number of benzene rings is 4. The van der Waals surface area contributed by atoms with Gasteiger partial charge >= 0.3 is 0 Å². The number of aromatic nitrogens is 1. The second kappa shape index (κ2) is 11.1. The molecular weight excluding hydrogens is 516 g/mol. The molecule has 0 spiro atoms. The van der Waals surface area contributed by atoms with Crippen LogP contribution in [0.5, 0.6) is 0 Å². The molecule has 206 valence electrons. The Morgan fingerprint density at radius 1 is 0.829 bits per heavy atom. The van der Waals surface area contributed by atoms with Gasteiger partial charge in [0.1, 0.15) is 11.6 Å². The van der Waals surface area contributed by atoms with Crippen molar-refractivity contribution in [1.82, 2.24) is 9.47 Å². The van der Waals surface area contributed by atoms with E-state index in [1.165, 1.54) is 23.9 Å². The second-order valence-electron chi connectivity index (χ2n) is 10.8. The topological polar surface area (TPSA) is 49.1 Å². The van der Waals surface area contributed by atoms with Crippen molar-refractivity contribution in [1.29, 1.82) is 5.41 Å². The minimum absolute atomic E-state index is 0.0179. The molecule has 0 aliphatic carbocycles. The third kappa shape index (κ3) is 5.42. The molecule has 6 rings (SSSR count). The molecule has 1 fully saturated rings. The molecular formula is C35H31F2N3O. The summed E-state index contributed by atoms with van der Waals surface area (Å²) in [7, 11) is 0. The van der Waals surface area contributed by atoms with Crippen LogP contribution >= 0.6 is 0 Å². The van der Waals surface area contributed by atoms with Crippen LogP contribution in [0.15, 0.2) is 97.1 Å². The number of halogens is 2. The van der Waals surface area contributed by atoms with Gasteiger partial charge in [-0.25, -0.2) is 8.78 Å². The van der Waals surface area contributed by atoms with Gasteiger partial charge in [-0.05, 0) is 84.8 Å². The molecule has 1 aromatic heterocycles. The number of aryl methyl sites for hydroxylation is 1. The van der Waals surface area contributed by atoms with Crippen molar-refractivity contribution in [2.45, 2.75) is 32.2 Å². The van der Waals surface area contributed by atoms with E-state index in [9.17, 15) is 13.6 Å². The van der Waals surface area contributed by atoms with Gasteiger partial charge < -0.3 is 9.47 Å². The van der Waals surface area contributed by atoms with E-state index in [1.807, 2.05) is 36.1 Å². The monoisotopic (exact) mass is 547 g/mol. The number of para-hydroxylation sites is 1. The van der Waals surface area contributed by atoms with Crippen LogP contribution in [0.3, 0.4) is 0 Å². The summed E-state index contributed by atoms with van der Waals surface area (Å²) in [4.78, 5) is 15.4. The molecule has 4 nitrogen and oxygen atoms in total. The third-order valence-electron chi connectivity index (χ3n) is 8.13. The lowest BCUT2D eigenvalue weighted by Crippen LogP contribution is -2.38. The summed E-state index contributed by atoms with van der Waals surface area (Å²) in [5, 5.41) is 9.71. The molecule has 1 aliphatic heterocycles. The van der Waals surface area contributed by atoms with Gasteiger partial charge in [-0.15, -0.1) is 0 Å². The number of nitrogens with zero attached hydrogens (tertiary/aromatic N) is 2. The third-order valence-corrected chi connectivity index (χ3v) is 8.13. The Morgan fingerprint density at radius 3 is 2.29 bits per heavy atom. The van der Waals surface area contributed by atoms with Crippen LogP contribution in [0.4, 0.5) is 8.78 Å². The molecule has 5 aromatic rings. The smallest absolute Gasteiger partial charge is 0.253 e. The number of amides is 1. The summed E-state index contributed by atoms with van der Waals surface area (Å²) < 4.78 is 29.9. The van der Waals surface area contributed by atoms with Gasteiger partial charge in [-0.3, -0.25) is 10.2 Å². The Hall–Kier alpha value is -4.58. The van der Waals surface area contributed by atoms with Crippen LogP contribution in [0.2, 0.25) is 0 Å². The van der Waals surface area contributed by atoms with Gasteiger partial charge in [0.05, 0.1) is 5.71 Å². The normalized spacial score (nSPS) is 14.0. The lowest BCUT2D eigenvalue weighted by molar-refractivity contribution is 0.0711. The molecule has 1 aliphatic rings. The number of hydrogen-bond acceptors (Lipinski definition) is 2. The minimum atomic E-state index is -0.380. The van der Waals surface area contributed by atoms with E-state index >= 15 is 0 Å². The van der Waals surface area contributed by atoms with E-state index < -0.39 is 0 Å². The Balaban J connectivity index is 1.18. The fourth-order valence-corrected chi connectivity index (χ4v) is 6.00. The molecule has 1 N–H and O–H groups in total. The van der Waals surface area contributed by atoms with Crippen LogP contribution < -0.4 is 0 Å². The van der Waals surface area contributed by atoms with E-state index in [2.05, 4.69) is 22.8 Å². The minimum Gasteiger partial charge on any atom is -0.340 e. The van der Waals surface area contributed by atoms with E-state index in [-0.39, 0.29) is 29.2 Å². The summed E-state index contributed by atoms with van der Waals surface area (Å²) in [6.07, 6.45) is 1.68. The molecule has 4 aromatic carbocycles. The summed E-state index contributed by atoms with van der Waals surface area (Å²) in [6, 6.07) is 28.7. The summed E-state index contributed by atoms with van der Waals surface area (Å²) in [6.45, 7) is 3.76. The number of hydrogen-bond donors (Lipinski definition) is 1. The van der Waals surface area contributed by atoms with Gasteiger partial charge in [0.15, 0.2) is 0 Å². The maximum Gasteiger partial charge on any atom is 0.253 e. The average Bonchev–Trinajstić information content (AvgIpc) is 3.34. The molecule has 0 bridgehead atoms. The zero-order valence-electron chi connectivity index (χ0n) is 22.9. The second-order valence-corrected chi connectivity index (χ2v) is 10.8. The fourth-order valence-electron chi connectivity index (χ4n) is 6.00. The first-order valence-corrected chi connectivity index (χ1v) is 13.9. The van der Waals surface area contributed by atoms with Crippen molar-refractivity contribution in [3.05, 3.63) is 142 Å².